The highest BCUT2D eigenvalue weighted by Gasteiger charge is 2.36. The number of carbonyl (C=O) groups excluding carboxylic acids is 1. The van der Waals surface area contributed by atoms with Crippen LogP contribution in [0.15, 0.2) is 24.3 Å². The maximum Gasteiger partial charge on any atom is 0.306 e. The van der Waals surface area contributed by atoms with Crippen LogP contribution in [-0.2, 0) is 19.7 Å². The zero-order chi connectivity index (χ0) is 16.3. The quantitative estimate of drug-likeness (QED) is 0.922. The minimum Gasteiger partial charge on any atom is -0.481 e. The van der Waals surface area contributed by atoms with Gasteiger partial charge in [0.1, 0.15) is 0 Å². The number of aliphatic carboxylic acids is 1. The number of hydrogen-bond acceptors (Lipinski definition) is 3. The second-order valence-electron chi connectivity index (χ2n) is 5.97. The number of hydrogen-bond donors (Lipinski definition) is 1. The first-order valence-corrected chi connectivity index (χ1v) is 7.57. The molecule has 5 nitrogen and oxygen atoms in total. The van der Waals surface area contributed by atoms with Gasteiger partial charge in [-0.2, -0.15) is 0 Å². The van der Waals surface area contributed by atoms with Crippen molar-refractivity contribution in [1.29, 1.82) is 0 Å². The molecule has 0 aliphatic carbocycles. The molecule has 0 bridgehead atoms. The van der Waals surface area contributed by atoms with E-state index in [9.17, 15) is 9.59 Å². The fourth-order valence-corrected chi connectivity index (χ4v) is 2.73. The molecule has 2 rings (SSSR count). The lowest BCUT2D eigenvalue weighted by atomic mass is 9.83. The molecule has 1 N–H and O–H groups in total. The lowest BCUT2D eigenvalue weighted by molar-refractivity contribution is -0.150. The maximum atomic E-state index is 12.8. The van der Waals surface area contributed by atoms with Crippen LogP contribution in [0, 0.1) is 0 Å². The first-order chi connectivity index (χ1) is 10.3. The molecule has 0 aromatic heterocycles. The van der Waals surface area contributed by atoms with Gasteiger partial charge in [0.25, 0.3) is 0 Å². The standard InChI is InChI=1S/C16H20ClNO4/c1-16(2,11-3-5-12(17)6-4-11)15(21)18-7-8-22-13(10-18)9-14(19)20/h3-6,13H,7-10H2,1-2H3,(H,19,20). The summed E-state index contributed by atoms with van der Waals surface area (Å²) in [5.41, 5.74) is 0.179. The molecule has 1 aromatic rings. The van der Waals surface area contributed by atoms with E-state index in [0.717, 1.165) is 5.56 Å². The Kier molecular flexibility index (Phi) is 5.08. The Morgan fingerprint density at radius 1 is 1.36 bits per heavy atom. The average molecular weight is 326 g/mol. The summed E-state index contributed by atoms with van der Waals surface area (Å²) in [6.45, 7) is 4.87. The lowest BCUT2D eigenvalue weighted by Crippen LogP contribution is -2.51. The van der Waals surface area contributed by atoms with Crippen LogP contribution in [0.5, 0.6) is 0 Å². The summed E-state index contributed by atoms with van der Waals surface area (Å²) >= 11 is 5.89. The van der Waals surface area contributed by atoms with E-state index in [2.05, 4.69) is 0 Å². The fourth-order valence-electron chi connectivity index (χ4n) is 2.61. The Balaban J connectivity index is 2.11. The monoisotopic (exact) mass is 325 g/mol. The molecule has 1 unspecified atom stereocenters. The van der Waals surface area contributed by atoms with Gasteiger partial charge in [-0.3, -0.25) is 9.59 Å². The Morgan fingerprint density at radius 2 is 2.00 bits per heavy atom. The predicted octanol–water partition coefficient (Wildman–Crippen LogP) is 2.32. The normalized spacial score (nSPS) is 19.0. The largest absolute Gasteiger partial charge is 0.481 e. The third kappa shape index (κ3) is 3.78. The summed E-state index contributed by atoms with van der Waals surface area (Å²) in [5.74, 6) is -0.954. The smallest absolute Gasteiger partial charge is 0.306 e. The van der Waals surface area contributed by atoms with E-state index < -0.39 is 17.5 Å². The second-order valence-corrected chi connectivity index (χ2v) is 6.41. The molecular formula is C16H20ClNO4. The van der Waals surface area contributed by atoms with Gasteiger partial charge >= 0.3 is 5.97 Å². The molecule has 0 radical (unpaired) electrons. The number of ether oxygens (including phenoxy) is 1. The van der Waals surface area contributed by atoms with E-state index in [0.29, 0.717) is 24.7 Å². The summed E-state index contributed by atoms with van der Waals surface area (Å²) < 4.78 is 5.41. The van der Waals surface area contributed by atoms with E-state index in [1.807, 2.05) is 26.0 Å². The Bertz CT molecular complexity index is 556. The van der Waals surface area contributed by atoms with E-state index in [4.69, 9.17) is 21.4 Å². The highest BCUT2D eigenvalue weighted by Crippen LogP contribution is 2.28. The van der Waals surface area contributed by atoms with Gasteiger partial charge in [-0.15, -0.1) is 0 Å². The zero-order valence-corrected chi connectivity index (χ0v) is 13.5. The van der Waals surface area contributed by atoms with Crippen LogP contribution in [0.3, 0.4) is 0 Å². The van der Waals surface area contributed by atoms with Crippen molar-refractivity contribution in [3.8, 4) is 0 Å². The van der Waals surface area contributed by atoms with Gasteiger partial charge in [0.2, 0.25) is 5.91 Å². The average Bonchev–Trinajstić information content (AvgIpc) is 2.46. The highest BCUT2D eigenvalue weighted by molar-refractivity contribution is 6.30. The van der Waals surface area contributed by atoms with Gasteiger partial charge in [0, 0.05) is 18.1 Å². The minimum absolute atomic E-state index is 0.0338. The first kappa shape index (κ1) is 16.8. The number of benzene rings is 1. The molecule has 1 saturated heterocycles. The minimum atomic E-state index is -0.920. The van der Waals surface area contributed by atoms with Crippen molar-refractivity contribution in [2.45, 2.75) is 31.8 Å². The SMILES string of the molecule is CC(C)(C(=O)N1CCOC(CC(=O)O)C1)c1ccc(Cl)cc1. The number of halogens is 1. The van der Waals surface area contributed by atoms with Crippen molar-refractivity contribution < 1.29 is 19.4 Å². The zero-order valence-electron chi connectivity index (χ0n) is 12.7. The molecule has 0 saturated carbocycles. The molecule has 6 heteroatoms. The molecule has 1 aliphatic rings. The van der Waals surface area contributed by atoms with Crippen molar-refractivity contribution in [2.75, 3.05) is 19.7 Å². The van der Waals surface area contributed by atoms with Gasteiger partial charge in [-0.05, 0) is 31.5 Å². The molecule has 1 fully saturated rings. The summed E-state index contributed by atoms with van der Waals surface area (Å²) in [6, 6.07) is 7.21. The Morgan fingerprint density at radius 3 is 2.59 bits per heavy atom. The summed E-state index contributed by atoms with van der Waals surface area (Å²) in [6.07, 6.45) is -0.540. The Hall–Kier alpha value is -1.59. The molecule has 0 spiro atoms. The van der Waals surface area contributed by atoms with Crippen LogP contribution >= 0.6 is 11.6 Å². The molecule has 1 heterocycles. The van der Waals surface area contributed by atoms with Gasteiger partial charge < -0.3 is 14.7 Å². The molecule has 1 aliphatic heterocycles. The number of carbonyl (C=O) groups is 2. The summed E-state index contributed by atoms with van der Waals surface area (Å²) in [4.78, 5) is 25.3. The third-order valence-corrected chi connectivity index (χ3v) is 4.18. The Labute approximate surface area is 134 Å². The predicted molar refractivity (Wildman–Crippen MR) is 83.1 cm³/mol. The van der Waals surface area contributed by atoms with Crippen molar-refractivity contribution in [3.63, 3.8) is 0 Å². The van der Waals surface area contributed by atoms with Crippen molar-refractivity contribution in [3.05, 3.63) is 34.9 Å². The molecule has 1 aromatic carbocycles. The molecule has 22 heavy (non-hydrogen) atoms. The first-order valence-electron chi connectivity index (χ1n) is 7.19. The summed E-state index contributed by atoms with van der Waals surface area (Å²) in [7, 11) is 0. The molecule has 120 valence electrons. The van der Waals surface area contributed by atoms with E-state index >= 15 is 0 Å². The van der Waals surface area contributed by atoms with Crippen LogP contribution < -0.4 is 0 Å². The van der Waals surface area contributed by atoms with Crippen LogP contribution in [0.1, 0.15) is 25.8 Å². The number of morpholine rings is 1. The topological polar surface area (TPSA) is 66.8 Å². The highest BCUT2D eigenvalue weighted by atomic mass is 35.5. The molecule has 1 atom stereocenters. The van der Waals surface area contributed by atoms with E-state index in [1.54, 1.807) is 17.0 Å². The van der Waals surface area contributed by atoms with Gasteiger partial charge in [-0.25, -0.2) is 0 Å². The number of carboxylic acids is 1. The van der Waals surface area contributed by atoms with Crippen molar-refractivity contribution in [1.82, 2.24) is 4.90 Å². The van der Waals surface area contributed by atoms with Crippen LogP contribution in [-0.4, -0.2) is 47.7 Å². The number of carboxylic acid groups (broad SMARTS) is 1. The fraction of sp³-hybridized carbons (Fsp3) is 0.500. The second kappa shape index (κ2) is 6.67. The van der Waals surface area contributed by atoms with Crippen molar-refractivity contribution >= 4 is 23.5 Å². The lowest BCUT2D eigenvalue weighted by Gasteiger charge is -2.37. The van der Waals surface area contributed by atoms with Gasteiger partial charge in [-0.1, -0.05) is 23.7 Å². The maximum absolute atomic E-state index is 12.8. The molecule has 1 amide bonds. The van der Waals surface area contributed by atoms with Gasteiger partial charge in [0.15, 0.2) is 0 Å². The number of rotatable bonds is 4. The van der Waals surface area contributed by atoms with E-state index in [1.165, 1.54) is 0 Å². The summed E-state index contributed by atoms with van der Waals surface area (Å²) in [5, 5.41) is 9.48. The van der Waals surface area contributed by atoms with Crippen molar-refractivity contribution in [2.24, 2.45) is 0 Å². The van der Waals surface area contributed by atoms with Crippen LogP contribution in [0.25, 0.3) is 0 Å². The third-order valence-electron chi connectivity index (χ3n) is 3.93. The van der Waals surface area contributed by atoms with Gasteiger partial charge in [0.05, 0.1) is 24.5 Å². The molecular weight excluding hydrogens is 306 g/mol. The van der Waals surface area contributed by atoms with E-state index in [-0.39, 0.29) is 12.3 Å². The van der Waals surface area contributed by atoms with Crippen LogP contribution in [0.4, 0.5) is 0 Å². The number of nitrogens with zero attached hydrogens (tertiary/aromatic N) is 1. The number of amides is 1. The van der Waals surface area contributed by atoms with Crippen LogP contribution in [0.2, 0.25) is 5.02 Å².